The third-order valence-electron chi connectivity index (χ3n) is 1.62. The minimum atomic E-state index is -0.503. The summed E-state index contributed by atoms with van der Waals surface area (Å²) in [6.45, 7) is 2.01. The highest BCUT2D eigenvalue weighted by Gasteiger charge is 2.16. The summed E-state index contributed by atoms with van der Waals surface area (Å²) < 4.78 is 5.45. The second kappa shape index (κ2) is 4.66. The van der Waals surface area contributed by atoms with Gasteiger partial charge in [-0.1, -0.05) is 11.6 Å². The molecule has 76 valence electrons. The van der Waals surface area contributed by atoms with Crippen LogP contribution in [0.2, 0.25) is 5.02 Å². The van der Waals surface area contributed by atoms with E-state index in [4.69, 9.17) is 22.1 Å². The molecule has 0 heterocycles. The summed E-state index contributed by atoms with van der Waals surface area (Å²) in [5, 5.41) is 0.296. The molecular weight excluding hydrogens is 269 g/mol. The lowest BCUT2D eigenvalue weighted by Crippen LogP contribution is -2.09. The topological polar surface area (TPSA) is 52.3 Å². The molecule has 0 fully saturated rings. The predicted molar refractivity (Wildman–Crippen MR) is 59.5 cm³/mol. The molecule has 5 heteroatoms. The fourth-order valence-corrected chi connectivity index (χ4v) is 1.55. The quantitative estimate of drug-likeness (QED) is 0.668. The zero-order chi connectivity index (χ0) is 10.7. The van der Waals surface area contributed by atoms with Crippen LogP contribution in [0.5, 0.6) is 0 Å². The number of esters is 1. The number of anilines is 1. The number of carbonyl (C=O) groups excluding carboxylic acids is 1. The van der Waals surface area contributed by atoms with Gasteiger partial charge in [-0.25, -0.2) is 4.79 Å². The molecule has 0 atom stereocenters. The second-order valence-electron chi connectivity index (χ2n) is 2.54. The lowest BCUT2D eigenvalue weighted by Gasteiger charge is -2.08. The van der Waals surface area contributed by atoms with Crippen molar-refractivity contribution in [2.24, 2.45) is 0 Å². The van der Waals surface area contributed by atoms with E-state index in [-0.39, 0.29) is 5.56 Å². The average molecular weight is 279 g/mol. The van der Waals surface area contributed by atoms with Gasteiger partial charge in [-0.3, -0.25) is 0 Å². The van der Waals surface area contributed by atoms with E-state index in [1.54, 1.807) is 19.1 Å². The van der Waals surface area contributed by atoms with Gasteiger partial charge in [0.2, 0.25) is 0 Å². The van der Waals surface area contributed by atoms with Gasteiger partial charge in [0.25, 0.3) is 0 Å². The first-order valence-electron chi connectivity index (χ1n) is 3.98. The van der Waals surface area contributed by atoms with Crippen LogP contribution in [0.15, 0.2) is 16.6 Å². The van der Waals surface area contributed by atoms with Gasteiger partial charge in [0.15, 0.2) is 0 Å². The summed E-state index contributed by atoms with van der Waals surface area (Å²) in [7, 11) is 0. The Labute approximate surface area is 95.3 Å². The van der Waals surface area contributed by atoms with Crippen molar-refractivity contribution in [3.8, 4) is 0 Å². The van der Waals surface area contributed by atoms with E-state index in [0.29, 0.717) is 21.8 Å². The lowest BCUT2D eigenvalue weighted by molar-refractivity contribution is 0.0528. The minimum absolute atomic E-state index is 0.211. The Hall–Kier alpha value is -0.740. The number of nitrogens with two attached hydrogens (primary N) is 1. The molecule has 1 rings (SSSR count). The highest BCUT2D eigenvalue weighted by Crippen LogP contribution is 2.29. The van der Waals surface area contributed by atoms with Crippen LogP contribution in [0.4, 0.5) is 5.69 Å². The van der Waals surface area contributed by atoms with Crippen LogP contribution in [0.25, 0.3) is 0 Å². The number of hydrogen-bond acceptors (Lipinski definition) is 3. The molecule has 0 amide bonds. The zero-order valence-electron chi connectivity index (χ0n) is 7.51. The van der Waals surface area contributed by atoms with Gasteiger partial charge >= 0.3 is 5.97 Å². The molecule has 1 aromatic carbocycles. The largest absolute Gasteiger partial charge is 0.462 e. The highest BCUT2D eigenvalue weighted by molar-refractivity contribution is 9.10. The summed E-state index contributed by atoms with van der Waals surface area (Å²) in [6, 6.07) is 3.27. The van der Waals surface area contributed by atoms with Crippen LogP contribution in [0.3, 0.4) is 0 Å². The Kier molecular flexibility index (Phi) is 3.77. The van der Waals surface area contributed by atoms with Crippen molar-refractivity contribution < 1.29 is 9.53 Å². The van der Waals surface area contributed by atoms with Crippen molar-refractivity contribution in [3.05, 3.63) is 27.2 Å². The Morgan fingerprint density at radius 3 is 2.86 bits per heavy atom. The van der Waals surface area contributed by atoms with Crippen LogP contribution in [-0.2, 0) is 4.74 Å². The number of hydrogen-bond donors (Lipinski definition) is 1. The van der Waals surface area contributed by atoms with E-state index in [2.05, 4.69) is 15.9 Å². The van der Waals surface area contributed by atoms with Crippen molar-refractivity contribution in [3.63, 3.8) is 0 Å². The summed E-state index contributed by atoms with van der Waals surface area (Å²) >= 11 is 9.04. The first-order chi connectivity index (χ1) is 6.57. The Balaban J connectivity index is 3.18. The zero-order valence-corrected chi connectivity index (χ0v) is 9.85. The molecule has 0 aliphatic rings. The number of halogens is 2. The van der Waals surface area contributed by atoms with Crippen LogP contribution < -0.4 is 5.73 Å². The summed E-state index contributed by atoms with van der Waals surface area (Å²) in [5.41, 5.74) is 6.20. The van der Waals surface area contributed by atoms with Gasteiger partial charge < -0.3 is 10.5 Å². The summed E-state index contributed by atoms with van der Waals surface area (Å²) in [4.78, 5) is 11.4. The molecule has 2 N–H and O–H groups in total. The fraction of sp³-hybridized carbons (Fsp3) is 0.222. The normalized spacial score (nSPS) is 9.93. The van der Waals surface area contributed by atoms with Gasteiger partial charge in [-0.15, -0.1) is 0 Å². The van der Waals surface area contributed by atoms with Crippen molar-refractivity contribution in [2.45, 2.75) is 6.92 Å². The van der Waals surface area contributed by atoms with Gasteiger partial charge in [-0.05, 0) is 35.0 Å². The number of nitrogen functional groups attached to an aromatic ring is 1. The third-order valence-corrected chi connectivity index (χ3v) is 2.63. The Morgan fingerprint density at radius 2 is 2.29 bits per heavy atom. The van der Waals surface area contributed by atoms with Gasteiger partial charge in [-0.2, -0.15) is 0 Å². The number of benzene rings is 1. The maximum Gasteiger partial charge on any atom is 0.341 e. The molecule has 1 aromatic rings. The maximum absolute atomic E-state index is 11.4. The first kappa shape index (κ1) is 11.3. The SMILES string of the molecule is CCOC(=O)c1c(Cl)ccc(Br)c1N. The summed E-state index contributed by atoms with van der Waals surface area (Å²) in [5.74, 6) is -0.503. The first-order valence-corrected chi connectivity index (χ1v) is 5.15. The molecular formula is C9H9BrClNO2. The Morgan fingerprint density at radius 1 is 1.64 bits per heavy atom. The molecule has 0 saturated carbocycles. The summed E-state index contributed by atoms with van der Waals surface area (Å²) in [6.07, 6.45) is 0. The maximum atomic E-state index is 11.4. The number of ether oxygens (including phenoxy) is 1. The molecule has 14 heavy (non-hydrogen) atoms. The molecule has 0 spiro atoms. The number of carbonyl (C=O) groups is 1. The molecule has 0 radical (unpaired) electrons. The van der Waals surface area contributed by atoms with E-state index in [1.165, 1.54) is 0 Å². The highest BCUT2D eigenvalue weighted by atomic mass is 79.9. The van der Waals surface area contributed by atoms with Crippen molar-refractivity contribution in [1.29, 1.82) is 0 Å². The number of rotatable bonds is 2. The van der Waals surface area contributed by atoms with Crippen LogP contribution in [0, 0.1) is 0 Å². The molecule has 0 aromatic heterocycles. The third kappa shape index (κ3) is 2.19. The average Bonchev–Trinajstić information content (AvgIpc) is 2.13. The van der Waals surface area contributed by atoms with Crippen LogP contribution in [-0.4, -0.2) is 12.6 Å². The van der Waals surface area contributed by atoms with E-state index >= 15 is 0 Å². The minimum Gasteiger partial charge on any atom is -0.462 e. The molecule has 0 unspecified atom stereocenters. The van der Waals surface area contributed by atoms with Crippen molar-refractivity contribution in [1.82, 2.24) is 0 Å². The Bertz CT molecular complexity index is 368. The predicted octanol–water partition coefficient (Wildman–Crippen LogP) is 2.86. The van der Waals surface area contributed by atoms with Crippen molar-refractivity contribution in [2.75, 3.05) is 12.3 Å². The molecule has 0 aliphatic heterocycles. The molecule has 0 bridgehead atoms. The second-order valence-corrected chi connectivity index (χ2v) is 3.80. The van der Waals surface area contributed by atoms with E-state index in [9.17, 15) is 4.79 Å². The van der Waals surface area contributed by atoms with Gasteiger partial charge in [0.1, 0.15) is 5.56 Å². The molecule has 0 saturated heterocycles. The standard InChI is InChI=1S/C9H9BrClNO2/c1-2-14-9(13)7-6(11)4-3-5(10)8(7)12/h3-4H,2,12H2,1H3. The van der Waals surface area contributed by atoms with Crippen LogP contribution >= 0.6 is 27.5 Å². The lowest BCUT2D eigenvalue weighted by atomic mass is 10.2. The van der Waals surface area contributed by atoms with Crippen molar-refractivity contribution >= 4 is 39.2 Å². The smallest absolute Gasteiger partial charge is 0.341 e. The fourth-order valence-electron chi connectivity index (χ4n) is 0.978. The van der Waals surface area contributed by atoms with Crippen LogP contribution in [0.1, 0.15) is 17.3 Å². The van der Waals surface area contributed by atoms with E-state index < -0.39 is 5.97 Å². The van der Waals surface area contributed by atoms with E-state index in [1.807, 2.05) is 0 Å². The molecule has 0 aliphatic carbocycles. The van der Waals surface area contributed by atoms with Gasteiger partial charge in [0, 0.05) is 4.47 Å². The monoisotopic (exact) mass is 277 g/mol. The van der Waals surface area contributed by atoms with Gasteiger partial charge in [0.05, 0.1) is 17.3 Å². The molecule has 3 nitrogen and oxygen atoms in total. The van der Waals surface area contributed by atoms with E-state index in [0.717, 1.165) is 0 Å².